The van der Waals surface area contributed by atoms with E-state index in [0.29, 0.717) is 17.8 Å². The standard InChI is InChI=1S/C20H24N7O6PS/c21-20-25-17-14(18(30)26-20)23-9-27(17)19-16(29)15(28)13(33-19)8-35-34(31,32)24-6-5-10-7-22-12-4-2-1-3-11(10)12/h1-4,7,9,13,15-16,19,22,28-29H,5-6,8H2,(H2,24,31,32)(H3,21,25,26,30)/t13-,15-,16-,19-/m1/s1. The number of imidazole rings is 1. The molecular weight excluding hydrogens is 497 g/mol. The maximum Gasteiger partial charge on any atom is 0.324 e. The summed E-state index contributed by atoms with van der Waals surface area (Å²) in [6, 6.07) is 7.81. The molecule has 4 aromatic rings. The molecule has 1 saturated heterocycles. The van der Waals surface area contributed by atoms with Crippen molar-refractivity contribution in [3.05, 3.63) is 52.7 Å². The highest BCUT2D eigenvalue weighted by Crippen LogP contribution is 2.51. The minimum Gasteiger partial charge on any atom is -0.387 e. The molecule has 0 aliphatic carbocycles. The van der Waals surface area contributed by atoms with Crippen molar-refractivity contribution < 1.29 is 24.4 Å². The first-order valence-corrected chi connectivity index (χ1v) is 14.0. The number of rotatable bonds is 8. The largest absolute Gasteiger partial charge is 0.387 e. The Bertz CT molecular complexity index is 1470. The first-order chi connectivity index (χ1) is 16.7. The molecule has 4 heterocycles. The van der Waals surface area contributed by atoms with E-state index in [1.54, 1.807) is 0 Å². The molecule has 1 fully saturated rings. The van der Waals surface area contributed by atoms with Gasteiger partial charge in [-0.1, -0.05) is 29.6 Å². The fraction of sp³-hybridized carbons (Fsp3) is 0.350. The van der Waals surface area contributed by atoms with Gasteiger partial charge in [-0.05, 0) is 18.1 Å². The van der Waals surface area contributed by atoms with Crippen LogP contribution in [0.15, 0.2) is 41.6 Å². The van der Waals surface area contributed by atoms with Crippen molar-refractivity contribution in [2.24, 2.45) is 0 Å². The maximum atomic E-state index is 12.6. The van der Waals surface area contributed by atoms with E-state index >= 15 is 0 Å². The number of H-pyrrole nitrogens is 2. The van der Waals surface area contributed by atoms with Crippen LogP contribution in [-0.2, 0) is 15.7 Å². The van der Waals surface area contributed by atoms with Crippen LogP contribution in [0, 0.1) is 0 Å². The zero-order valence-corrected chi connectivity index (χ0v) is 19.9. The monoisotopic (exact) mass is 521 g/mol. The number of hydrogen-bond donors (Lipinski definition) is 7. The summed E-state index contributed by atoms with van der Waals surface area (Å²) in [6.45, 7) is -3.54. The third kappa shape index (κ3) is 4.74. The first kappa shape index (κ1) is 24.0. The van der Waals surface area contributed by atoms with Crippen LogP contribution >= 0.6 is 18.1 Å². The first-order valence-electron chi connectivity index (χ1n) is 10.7. The summed E-state index contributed by atoms with van der Waals surface area (Å²) in [5.74, 6) is -0.199. The predicted octanol–water partition coefficient (Wildman–Crippen LogP) is 0.468. The number of para-hydroxylation sites is 1. The minimum atomic E-state index is -3.81. The number of aromatic amines is 2. The molecule has 0 radical (unpaired) electrons. The second-order valence-corrected chi connectivity index (χ2v) is 12.4. The number of aliphatic hydroxyl groups excluding tert-OH is 2. The molecule has 3 aromatic heterocycles. The third-order valence-corrected chi connectivity index (χ3v) is 9.19. The molecule has 0 spiro atoms. The Morgan fingerprint density at radius 2 is 2.09 bits per heavy atom. The summed E-state index contributed by atoms with van der Waals surface area (Å²) in [6.07, 6.45) is -1.10. The van der Waals surface area contributed by atoms with E-state index in [2.05, 4.69) is 25.0 Å². The number of aromatic nitrogens is 5. The highest BCUT2D eigenvalue weighted by atomic mass is 32.7. The van der Waals surface area contributed by atoms with Gasteiger partial charge in [0.2, 0.25) is 5.95 Å². The lowest BCUT2D eigenvalue weighted by Gasteiger charge is -2.17. The van der Waals surface area contributed by atoms with Gasteiger partial charge in [0.1, 0.15) is 12.2 Å². The Balaban J connectivity index is 1.20. The Morgan fingerprint density at radius 3 is 2.91 bits per heavy atom. The molecule has 15 heteroatoms. The van der Waals surface area contributed by atoms with Crippen LogP contribution in [0.2, 0.25) is 0 Å². The van der Waals surface area contributed by atoms with Crippen LogP contribution in [0.3, 0.4) is 0 Å². The number of nitrogen functional groups attached to an aromatic ring is 1. The van der Waals surface area contributed by atoms with Crippen molar-refractivity contribution in [3.63, 3.8) is 0 Å². The van der Waals surface area contributed by atoms with Gasteiger partial charge >= 0.3 is 6.72 Å². The number of ether oxygens (including phenoxy) is 1. The van der Waals surface area contributed by atoms with Gasteiger partial charge in [-0.15, -0.1) is 0 Å². The van der Waals surface area contributed by atoms with Crippen LogP contribution in [0.5, 0.6) is 0 Å². The quantitative estimate of drug-likeness (QED) is 0.159. The topological polar surface area (TPSA) is 204 Å². The van der Waals surface area contributed by atoms with Gasteiger partial charge < -0.3 is 30.6 Å². The lowest BCUT2D eigenvalue weighted by Crippen LogP contribution is -2.32. The molecule has 0 amide bonds. The summed E-state index contributed by atoms with van der Waals surface area (Å²) in [4.78, 5) is 35.9. The number of nitrogens with zero attached hydrogens (tertiary/aromatic N) is 3. The zero-order valence-electron chi connectivity index (χ0n) is 18.2. The molecule has 0 saturated carbocycles. The fourth-order valence-electron chi connectivity index (χ4n) is 4.12. The molecule has 186 valence electrons. The Hall–Kier alpha value is -2.71. The summed E-state index contributed by atoms with van der Waals surface area (Å²) >= 11 is 0.711. The van der Waals surface area contributed by atoms with E-state index in [0.717, 1.165) is 16.5 Å². The van der Waals surface area contributed by atoms with Gasteiger partial charge in [0.15, 0.2) is 17.4 Å². The highest BCUT2D eigenvalue weighted by molar-refractivity contribution is 8.55. The van der Waals surface area contributed by atoms with Crippen molar-refractivity contribution in [1.29, 1.82) is 0 Å². The van der Waals surface area contributed by atoms with Crippen molar-refractivity contribution in [2.45, 2.75) is 31.0 Å². The lowest BCUT2D eigenvalue weighted by molar-refractivity contribution is -0.0288. The van der Waals surface area contributed by atoms with E-state index < -0.39 is 36.8 Å². The third-order valence-electron chi connectivity index (χ3n) is 5.86. The summed E-state index contributed by atoms with van der Waals surface area (Å²) in [5, 5.41) is 24.7. The average molecular weight is 521 g/mol. The summed E-state index contributed by atoms with van der Waals surface area (Å²) in [7, 11) is 0. The van der Waals surface area contributed by atoms with Gasteiger partial charge in [0, 0.05) is 29.4 Å². The number of nitrogens with one attached hydrogen (secondary N) is 3. The van der Waals surface area contributed by atoms with E-state index in [1.165, 1.54) is 10.9 Å². The van der Waals surface area contributed by atoms with Crippen LogP contribution in [0.4, 0.5) is 5.95 Å². The molecule has 1 aromatic carbocycles. The molecule has 1 aliphatic rings. The number of fused-ring (bicyclic) bond motifs is 2. The number of benzene rings is 1. The van der Waals surface area contributed by atoms with Crippen molar-refractivity contribution in [1.82, 2.24) is 29.6 Å². The van der Waals surface area contributed by atoms with Crippen LogP contribution in [-0.4, -0.2) is 70.2 Å². The van der Waals surface area contributed by atoms with Gasteiger partial charge in [0.25, 0.3) is 5.56 Å². The fourth-order valence-corrected chi connectivity index (χ4v) is 6.82. The Morgan fingerprint density at radius 1 is 1.29 bits per heavy atom. The molecule has 5 rings (SSSR count). The molecule has 35 heavy (non-hydrogen) atoms. The van der Waals surface area contributed by atoms with Gasteiger partial charge in [-0.2, -0.15) is 4.98 Å². The Labute approximate surface area is 202 Å². The van der Waals surface area contributed by atoms with Crippen LogP contribution in [0.25, 0.3) is 22.1 Å². The number of anilines is 1. The van der Waals surface area contributed by atoms with E-state index in [-0.39, 0.29) is 29.4 Å². The molecule has 8 N–H and O–H groups in total. The zero-order chi connectivity index (χ0) is 24.7. The number of aliphatic hydroxyl groups is 2. The van der Waals surface area contributed by atoms with Gasteiger partial charge in [-0.3, -0.25) is 18.9 Å². The molecular formula is C20H24N7O6PS. The lowest BCUT2D eigenvalue weighted by atomic mass is 10.1. The maximum absolute atomic E-state index is 12.6. The normalized spacial score (nSPS) is 24.3. The van der Waals surface area contributed by atoms with Crippen molar-refractivity contribution in [3.8, 4) is 0 Å². The number of hydrogen-bond acceptors (Lipinski definition) is 9. The van der Waals surface area contributed by atoms with Gasteiger partial charge in [-0.25, -0.2) is 10.1 Å². The van der Waals surface area contributed by atoms with E-state index in [1.807, 2.05) is 30.5 Å². The molecule has 1 unspecified atom stereocenters. The Kier molecular flexibility index (Phi) is 6.44. The highest BCUT2D eigenvalue weighted by Gasteiger charge is 2.45. The van der Waals surface area contributed by atoms with E-state index in [9.17, 15) is 24.5 Å². The van der Waals surface area contributed by atoms with Crippen molar-refractivity contribution in [2.75, 3.05) is 18.0 Å². The summed E-state index contributed by atoms with van der Waals surface area (Å²) < 4.78 is 19.7. The molecule has 0 bridgehead atoms. The average Bonchev–Trinajstić information content (AvgIpc) is 3.50. The van der Waals surface area contributed by atoms with Gasteiger partial charge in [0.05, 0.1) is 12.4 Å². The van der Waals surface area contributed by atoms with Crippen LogP contribution in [0.1, 0.15) is 11.8 Å². The number of nitrogens with two attached hydrogens (primary N) is 1. The second kappa shape index (κ2) is 9.39. The minimum absolute atomic E-state index is 0.00146. The van der Waals surface area contributed by atoms with Crippen LogP contribution < -0.4 is 16.4 Å². The summed E-state index contributed by atoms with van der Waals surface area (Å²) in [5.41, 5.74) is 7.17. The predicted molar refractivity (Wildman–Crippen MR) is 131 cm³/mol. The van der Waals surface area contributed by atoms with E-state index in [4.69, 9.17) is 10.5 Å². The smallest absolute Gasteiger partial charge is 0.324 e. The molecule has 1 aliphatic heterocycles. The SMILES string of the molecule is Nc1nc2c(ncn2[C@@H]2O[C@H](CSP(=O)(O)NCCc3c[nH]c4ccccc34)[C@@H](O)[C@H]2O)c(=O)[nH]1. The molecule has 13 nitrogen and oxygen atoms in total. The molecule has 5 atom stereocenters. The second-order valence-electron chi connectivity index (χ2n) is 8.16. The van der Waals surface area contributed by atoms with Crippen molar-refractivity contribution >= 4 is 46.1 Å².